The number of aromatic nitrogens is 6. The zero-order chi connectivity index (χ0) is 14.1. The number of nitrogens with zero attached hydrogens (tertiary/aromatic N) is 7. The molecule has 0 bridgehead atoms. The van der Waals surface area contributed by atoms with Crippen LogP contribution in [0, 0.1) is 0 Å². The fourth-order valence-electron chi connectivity index (χ4n) is 2.31. The Labute approximate surface area is 116 Å². The maximum absolute atomic E-state index is 4.43. The third-order valence-electron chi connectivity index (χ3n) is 3.32. The molecule has 0 aliphatic rings. The lowest BCUT2D eigenvalue weighted by atomic mass is 10.3. The summed E-state index contributed by atoms with van der Waals surface area (Å²) < 4.78 is 3.57. The van der Waals surface area contributed by atoms with Crippen molar-refractivity contribution in [1.82, 2.24) is 29.5 Å². The van der Waals surface area contributed by atoms with Gasteiger partial charge < -0.3 is 4.90 Å². The lowest BCUT2D eigenvalue weighted by Crippen LogP contribution is -2.23. The van der Waals surface area contributed by atoms with Crippen LogP contribution >= 0.6 is 0 Å². The van der Waals surface area contributed by atoms with E-state index in [-0.39, 0.29) is 0 Å². The number of anilines is 1. The summed E-state index contributed by atoms with van der Waals surface area (Å²) in [4.78, 5) is 10.9. The van der Waals surface area contributed by atoms with Gasteiger partial charge in [-0.3, -0.25) is 9.36 Å². The van der Waals surface area contributed by atoms with Crippen molar-refractivity contribution >= 4 is 16.9 Å². The molecule has 0 unspecified atom stereocenters. The van der Waals surface area contributed by atoms with E-state index in [1.807, 2.05) is 37.4 Å². The number of aryl methyl sites for hydroxylation is 2. The van der Waals surface area contributed by atoms with Crippen molar-refractivity contribution < 1.29 is 0 Å². The van der Waals surface area contributed by atoms with Crippen LogP contribution in [0.3, 0.4) is 0 Å². The van der Waals surface area contributed by atoms with Gasteiger partial charge in [0.2, 0.25) is 0 Å². The molecule has 0 radical (unpaired) electrons. The minimum atomic E-state index is 0.769. The van der Waals surface area contributed by atoms with Crippen LogP contribution < -0.4 is 4.90 Å². The molecule has 0 N–H and O–H groups in total. The highest BCUT2D eigenvalue weighted by atomic mass is 15.3. The minimum absolute atomic E-state index is 0.769. The molecule has 0 fully saturated rings. The second-order valence-electron chi connectivity index (χ2n) is 4.74. The van der Waals surface area contributed by atoms with E-state index in [1.54, 1.807) is 11.0 Å². The van der Waals surface area contributed by atoms with E-state index in [9.17, 15) is 0 Å². The van der Waals surface area contributed by atoms with Crippen LogP contribution in [0.5, 0.6) is 0 Å². The summed E-state index contributed by atoms with van der Waals surface area (Å²) in [6.45, 7) is 3.74. The molecule has 0 atom stereocenters. The monoisotopic (exact) mass is 271 g/mol. The van der Waals surface area contributed by atoms with E-state index in [0.717, 1.165) is 35.5 Å². The Morgan fingerprint density at radius 3 is 2.70 bits per heavy atom. The van der Waals surface area contributed by atoms with Gasteiger partial charge in [-0.1, -0.05) is 0 Å². The molecule has 3 aromatic heterocycles. The van der Waals surface area contributed by atoms with Gasteiger partial charge >= 0.3 is 0 Å². The van der Waals surface area contributed by atoms with E-state index in [0.29, 0.717) is 0 Å². The molecular weight excluding hydrogens is 254 g/mol. The lowest BCUT2D eigenvalue weighted by molar-refractivity contribution is 0.764. The van der Waals surface area contributed by atoms with Gasteiger partial charge in [0.15, 0.2) is 5.65 Å². The lowest BCUT2D eigenvalue weighted by Gasteiger charge is -2.21. The zero-order valence-corrected chi connectivity index (χ0v) is 11.9. The van der Waals surface area contributed by atoms with E-state index in [2.05, 4.69) is 32.0 Å². The van der Waals surface area contributed by atoms with Crippen molar-refractivity contribution in [1.29, 1.82) is 0 Å². The second kappa shape index (κ2) is 4.92. The highest BCUT2D eigenvalue weighted by molar-refractivity contribution is 5.86. The third-order valence-corrected chi connectivity index (χ3v) is 3.32. The molecule has 7 heteroatoms. The Balaban J connectivity index is 1.98. The highest BCUT2D eigenvalue weighted by Gasteiger charge is 2.14. The first-order chi connectivity index (χ1) is 9.69. The maximum atomic E-state index is 4.43. The zero-order valence-electron chi connectivity index (χ0n) is 11.9. The quantitative estimate of drug-likeness (QED) is 0.711. The van der Waals surface area contributed by atoms with Crippen molar-refractivity contribution in [2.24, 2.45) is 14.1 Å². The summed E-state index contributed by atoms with van der Waals surface area (Å²) in [7, 11) is 3.81. The fraction of sp³-hybridized carbons (Fsp3) is 0.385. The van der Waals surface area contributed by atoms with Crippen molar-refractivity contribution in [3.05, 3.63) is 30.5 Å². The first kappa shape index (κ1) is 12.6. The first-order valence-electron chi connectivity index (χ1n) is 6.54. The van der Waals surface area contributed by atoms with Crippen LogP contribution in [0.4, 0.5) is 5.82 Å². The van der Waals surface area contributed by atoms with Crippen molar-refractivity contribution in [2.75, 3.05) is 11.4 Å². The molecule has 0 amide bonds. The van der Waals surface area contributed by atoms with E-state index in [4.69, 9.17) is 0 Å². The van der Waals surface area contributed by atoms with Crippen LogP contribution in [0.15, 0.2) is 24.9 Å². The number of fused-ring (bicyclic) bond motifs is 1. The summed E-state index contributed by atoms with van der Waals surface area (Å²) >= 11 is 0. The first-order valence-corrected chi connectivity index (χ1v) is 6.54. The van der Waals surface area contributed by atoms with Crippen LogP contribution in [0.1, 0.15) is 12.5 Å². The molecule has 0 saturated carbocycles. The minimum Gasteiger partial charge on any atom is -0.352 e. The topological polar surface area (TPSA) is 64.7 Å². The number of hydrogen-bond acceptors (Lipinski definition) is 5. The van der Waals surface area contributed by atoms with Gasteiger partial charge in [-0.05, 0) is 6.92 Å². The molecule has 3 heterocycles. The largest absolute Gasteiger partial charge is 0.352 e. The van der Waals surface area contributed by atoms with Gasteiger partial charge in [-0.25, -0.2) is 9.97 Å². The standard InChI is InChI=1S/C13H17N7/c1-4-20(8-10-5-16-18(2)7-10)13-11-6-17-19(3)12(11)14-9-15-13/h5-7,9H,4,8H2,1-3H3. The molecule has 7 nitrogen and oxygen atoms in total. The molecular formula is C13H17N7. The van der Waals surface area contributed by atoms with Crippen LogP contribution in [0.2, 0.25) is 0 Å². The molecule has 0 aliphatic heterocycles. The molecule has 3 aromatic rings. The molecule has 0 aromatic carbocycles. The van der Waals surface area contributed by atoms with Gasteiger partial charge in [0.1, 0.15) is 12.1 Å². The Morgan fingerprint density at radius 2 is 2.00 bits per heavy atom. The summed E-state index contributed by atoms with van der Waals surface area (Å²) in [6.07, 6.45) is 7.30. The van der Waals surface area contributed by atoms with Crippen LogP contribution in [-0.4, -0.2) is 36.1 Å². The predicted octanol–water partition coefficient (Wildman–Crippen LogP) is 1.12. The average Bonchev–Trinajstić information content (AvgIpc) is 3.03. The predicted molar refractivity (Wildman–Crippen MR) is 76.2 cm³/mol. The van der Waals surface area contributed by atoms with E-state index < -0.39 is 0 Å². The summed E-state index contributed by atoms with van der Waals surface area (Å²) in [5, 5.41) is 9.43. The van der Waals surface area contributed by atoms with Gasteiger partial charge in [0, 0.05) is 38.9 Å². The van der Waals surface area contributed by atoms with Crippen molar-refractivity contribution in [2.45, 2.75) is 13.5 Å². The van der Waals surface area contributed by atoms with Crippen LogP contribution in [-0.2, 0) is 20.6 Å². The molecule has 0 aliphatic carbocycles. The Morgan fingerprint density at radius 1 is 1.15 bits per heavy atom. The molecule has 3 rings (SSSR count). The van der Waals surface area contributed by atoms with Gasteiger partial charge in [0.25, 0.3) is 0 Å². The average molecular weight is 271 g/mol. The molecule has 0 spiro atoms. The Bertz CT molecular complexity index is 727. The van der Waals surface area contributed by atoms with Crippen molar-refractivity contribution in [3.8, 4) is 0 Å². The number of rotatable bonds is 4. The maximum Gasteiger partial charge on any atom is 0.163 e. The second-order valence-corrected chi connectivity index (χ2v) is 4.74. The van der Waals surface area contributed by atoms with E-state index in [1.165, 1.54) is 0 Å². The van der Waals surface area contributed by atoms with Crippen LogP contribution in [0.25, 0.3) is 11.0 Å². The Hall–Kier alpha value is -2.44. The SMILES string of the molecule is CCN(Cc1cnn(C)c1)c1ncnc2c1cnn2C. The van der Waals surface area contributed by atoms with E-state index >= 15 is 0 Å². The normalized spacial score (nSPS) is 11.2. The van der Waals surface area contributed by atoms with Crippen molar-refractivity contribution in [3.63, 3.8) is 0 Å². The number of hydrogen-bond donors (Lipinski definition) is 0. The fourth-order valence-corrected chi connectivity index (χ4v) is 2.31. The van der Waals surface area contributed by atoms with Gasteiger partial charge in [0.05, 0.1) is 17.8 Å². The smallest absolute Gasteiger partial charge is 0.163 e. The molecule has 104 valence electrons. The summed E-state index contributed by atoms with van der Waals surface area (Å²) in [6, 6.07) is 0. The Kier molecular flexibility index (Phi) is 3.09. The summed E-state index contributed by atoms with van der Waals surface area (Å²) in [5.74, 6) is 0.912. The molecule has 0 saturated heterocycles. The molecule has 20 heavy (non-hydrogen) atoms. The summed E-state index contributed by atoms with van der Waals surface area (Å²) in [5.41, 5.74) is 2.00. The third kappa shape index (κ3) is 2.11. The van der Waals surface area contributed by atoms with Gasteiger partial charge in [-0.15, -0.1) is 0 Å². The van der Waals surface area contributed by atoms with Gasteiger partial charge in [-0.2, -0.15) is 10.2 Å². The highest BCUT2D eigenvalue weighted by Crippen LogP contribution is 2.23.